The molecule has 4 aromatic rings. The van der Waals surface area contributed by atoms with Crippen LogP contribution >= 0.6 is 57.6 Å². The first-order chi connectivity index (χ1) is 14.5. The minimum Gasteiger partial charge on any atom is -0.300 e. The molecule has 0 aliphatic heterocycles. The van der Waals surface area contributed by atoms with Crippen molar-refractivity contribution in [2.45, 2.75) is 23.1 Å². The third-order valence-electron chi connectivity index (χ3n) is 4.08. The minimum absolute atomic E-state index is 0.120. The summed E-state index contributed by atoms with van der Waals surface area (Å²) in [5.41, 5.74) is 0.676. The number of nitrogens with zero attached hydrogens (tertiary/aromatic N) is 4. The second-order valence-electron chi connectivity index (χ2n) is 6.04. The van der Waals surface area contributed by atoms with Crippen LogP contribution in [0.25, 0.3) is 10.2 Å². The molecule has 1 aromatic carbocycles. The molecule has 0 bridgehead atoms. The average Bonchev–Trinajstić information content (AvgIpc) is 3.37. The first-order valence-corrected chi connectivity index (χ1v) is 12.1. The largest absolute Gasteiger partial charge is 0.300 e. The molecule has 3 aromatic heterocycles. The number of aromatic nitrogens is 4. The zero-order valence-corrected chi connectivity index (χ0v) is 19.1. The number of hydrogen-bond acceptors (Lipinski definition) is 8. The van der Waals surface area contributed by atoms with Gasteiger partial charge in [0.05, 0.1) is 11.7 Å². The van der Waals surface area contributed by atoms with Crippen molar-refractivity contribution in [3.63, 3.8) is 0 Å². The maximum Gasteiger partial charge on any atom is 0.262 e. The van der Waals surface area contributed by atoms with E-state index in [2.05, 4.69) is 20.5 Å². The number of anilines is 1. The van der Waals surface area contributed by atoms with Gasteiger partial charge in [0.2, 0.25) is 11.0 Å². The lowest BCUT2D eigenvalue weighted by atomic mass is 10.2. The van der Waals surface area contributed by atoms with E-state index in [1.807, 2.05) is 5.38 Å². The fraction of sp³-hybridized carbons (Fsp3) is 0.167. The van der Waals surface area contributed by atoms with Crippen molar-refractivity contribution in [1.29, 1.82) is 0 Å². The summed E-state index contributed by atoms with van der Waals surface area (Å²) < 4.78 is 2.12. The van der Waals surface area contributed by atoms with Gasteiger partial charge in [0, 0.05) is 28.8 Å². The van der Waals surface area contributed by atoms with E-state index >= 15 is 0 Å². The van der Waals surface area contributed by atoms with Gasteiger partial charge in [-0.25, -0.2) is 4.98 Å². The summed E-state index contributed by atoms with van der Waals surface area (Å²) >= 11 is 16.5. The van der Waals surface area contributed by atoms with Gasteiger partial charge < -0.3 is 5.32 Å². The van der Waals surface area contributed by atoms with Crippen LogP contribution in [-0.4, -0.2) is 25.7 Å². The average molecular weight is 498 g/mol. The third kappa shape index (κ3) is 4.84. The summed E-state index contributed by atoms with van der Waals surface area (Å²) in [6.45, 7) is 0.231. The number of nitrogens with one attached hydrogen (secondary N) is 1. The molecule has 0 fully saturated rings. The molecule has 0 saturated carbocycles. The Balaban J connectivity index is 1.32. The highest BCUT2D eigenvalue weighted by Crippen LogP contribution is 2.33. The van der Waals surface area contributed by atoms with Gasteiger partial charge in [-0.2, -0.15) is 0 Å². The fourth-order valence-corrected chi connectivity index (χ4v) is 5.81. The Morgan fingerprint density at radius 3 is 2.80 bits per heavy atom. The number of thiophene rings is 1. The van der Waals surface area contributed by atoms with Crippen LogP contribution in [-0.2, 0) is 17.1 Å². The molecular formula is C18H13Cl2N5O2S3. The van der Waals surface area contributed by atoms with E-state index in [9.17, 15) is 9.59 Å². The van der Waals surface area contributed by atoms with Crippen LogP contribution in [0.1, 0.15) is 12.0 Å². The van der Waals surface area contributed by atoms with E-state index in [1.54, 1.807) is 24.3 Å². The van der Waals surface area contributed by atoms with Crippen LogP contribution < -0.4 is 10.9 Å². The van der Waals surface area contributed by atoms with Crippen LogP contribution in [0, 0.1) is 0 Å². The smallest absolute Gasteiger partial charge is 0.262 e. The maximum atomic E-state index is 12.4. The second-order valence-corrected chi connectivity index (χ2v) is 9.95. The number of carbonyl (C=O) groups is 1. The van der Waals surface area contributed by atoms with Gasteiger partial charge in [-0.05, 0) is 29.1 Å². The number of aryl methyl sites for hydroxylation is 1. The van der Waals surface area contributed by atoms with Gasteiger partial charge in [-0.15, -0.1) is 21.5 Å². The van der Waals surface area contributed by atoms with Crippen molar-refractivity contribution < 1.29 is 4.79 Å². The summed E-state index contributed by atoms with van der Waals surface area (Å²) in [7, 11) is 0. The Kier molecular flexibility index (Phi) is 6.69. The normalized spacial score (nSPS) is 11.1. The first-order valence-electron chi connectivity index (χ1n) is 8.63. The van der Waals surface area contributed by atoms with Crippen molar-refractivity contribution in [3.05, 3.63) is 61.9 Å². The molecule has 3 heterocycles. The number of hydrogen-bond donors (Lipinski definition) is 1. The van der Waals surface area contributed by atoms with Gasteiger partial charge in [0.1, 0.15) is 4.83 Å². The zero-order valence-electron chi connectivity index (χ0n) is 15.2. The number of fused-ring (bicyclic) bond motifs is 1. The molecule has 1 N–H and O–H groups in total. The SMILES string of the molecule is O=C(CCn1cnc2sccc2c1=O)Nc1nnc(SCc2c(Cl)cccc2Cl)s1. The van der Waals surface area contributed by atoms with Crippen molar-refractivity contribution in [2.24, 2.45) is 0 Å². The Labute approximate surface area is 193 Å². The molecule has 154 valence electrons. The van der Waals surface area contributed by atoms with Crippen molar-refractivity contribution in [3.8, 4) is 0 Å². The molecule has 0 aliphatic rings. The number of thioether (sulfide) groups is 1. The first kappa shape index (κ1) is 21.3. The van der Waals surface area contributed by atoms with Crippen molar-refractivity contribution >= 4 is 78.9 Å². The number of amides is 1. The van der Waals surface area contributed by atoms with Crippen LogP contribution in [0.5, 0.6) is 0 Å². The molecule has 0 spiro atoms. The van der Waals surface area contributed by atoms with Gasteiger partial charge in [-0.1, -0.05) is 52.4 Å². The number of rotatable bonds is 7. The fourth-order valence-electron chi connectivity index (χ4n) is 2.58. The molecule has 30 heavy (non-hydrogen) atoms. The summed E-state index contributed by atoms with van der Waals surface area (Å²) in [6.07, 6.45) is 1.59. The molecule has 0 radical (unpaired) electrons. The van der Waals surface area contributed by atoms with Crippen LogP contribution in [0.3, 0.4) is 0 Å². The Morgan fingerprint density at radius 2 is 2.00 bits per heavy atom. The van der Waals surface area contributed by atoms with Crippen LogP contribution in [0.4, 0.5) is 5.13 Å². The van der Waals surface area contributed by atoms with E-state index in [0.29, 0.717) is 35.5 Å². The number of halogens is 2. The monoisotopic (exact) mass is 497 g/mol. The van der Waals surface area contributed by atoms with Gasteiger partial charge >= 0.3 is 0 Å². The van der Waals surface area contributed by atoms with E-state index < -0.39 is 0 Å². The highest BCUT2D eigenvalue weighted by atomic mass is 35.5. The van der Waals surface area contributed by atoms with E-state index in [0.717, 1.165) is 5.56 Å². The lowest BCUT2D eigenvalue weighted by Gasteiger charge is -2.05. The lowest BCUT2D eigenvalue weighted by Crippen LogP contribution is -2.23. The molecule has 0 aliphatic carbocycles. The molecule has 0 atom stereocenters. The minimum atomic E-state index is -0.255. The zero-order chi connectivity index (χ0) is 21.1. The highest BCUT2D eigenvalue weighted by molar-refractivity contribution is 8.00. The summed E-state index contributed by atoms with van der Waals surface area (Å²) in [6, 6.07) is 7.10. The topological polar surface area (TPSA) is 89.8 Å². The van der Waals surface area contributed by atoms with Crippen molar-refractivity contribution in [1.82, 2.24) is 19.7 Å². The molecular weight excluding hydrogens is 485 g/mol. The van der Waals surface area contributed by atoms with Gasteiger partial charge in [-0.3, -0.25) is 14.2 Å². The molecule has 0 unspecified atom stereocenters. The molecule has 12 heteroatoms. The standard InChI is InChI=1S/C18H13Cl2N5O2S3/c19-12-2-1-3-13(20)11(12)8-29-18-24-23-17(30-18)22-14(26)4-6-25-9-21-15-10(16(25)27)5-7-28-15/h1-3,5,7,9H,4,6,8H2,(H,22,23,26). The summed E-state index contributed by atoms with van der Waals surface area (Å²) in [4.78, 5) is 29.5. The van der Waals surface area contributed by atoms with Gasteiger partial charge in [0.25, 0.3) is 5.56 Å². The predicted octanol–water partition coefficient (Wildman–Crippen LogP) is 4.94. The highest BCUT2D eigenvalue weighted by Gasteiger charge is 2.12. The Hall–Kier alpha value is -1.98. The molecule has 4 rings (SSSR count). The predicted molar refractivity (Wildman–Crippen MR) is 123 cm³/mol. The Morgan fingerprint density at radius 1 is 1.20 bits per heavy atom. The molecule has 1 amide bonds. The third-order valence-corrected chi connectivity index (χ3v) is 7.61. The van der Waals surface area contributed by atoms with Crippen LogP contribution in [0.15, 0.2) is 45.1 Å². The number of carbonyl (C=O) groups excluding carboxylic acids is 1. The number of benzene rings is 1. The summed E-state index contributed by atoms with van der Waals surface area (Å²) in [5.74, 6) is 0.288. The van der Waals surface area contributed by atoms with Gasteiger partial charge in [0.15, 0.2) is 4.34 Å². The lowest BCUT2D eigenvalue weighted by molar-refractivity contribution is -0.116. The maximum absolute atomic E-state index is 12.4. The van der Waals surface area contributed by atoms with E-state index in [4.69, 9.17) is 23.2 Å². The van der Waals surface area contributed by atoms with Crippen LogP contribution in [0.2, 0.25) is 10.0 Å². The van der Waals surface area contributed by atoms with E-state index in [-0.39, 0.29) is 24.4 Å². The van der Waals surface area contributed by atoms with Crippen molar-refractivity contribution in [2.75, 3.05) is 5.32 Å². The second kappa shape index (κ2) is 9.44. The quantitative estimate of drug-likeness (QED) is 0.287. The Bertz CT molecular complexity index is 1250. The van der Waals surface area contributed by atoms with E-state index in [1.165, 1.54) is 45.3 Å². The molecule has 0 saturated heterocycles. The molecule has 7 nitrogen and oxygen atoms in total. The summed E-state index contributed by atoms with van der Waals surface area (Å²) in [5, 5.41) is 14.7.